The van der Waals surface area contributed by atoms with Gasteiger partial charge in [0.05, 0.1) is 23.7 Å². The predicted molar refractivity (Wildman–Crippen MR) is 86.9 cm³/mol. The molecule has 0 atom stereocenters. The first-order valence-electron chi connectivity index (χ1n) is 7.49. The van der Waals surface area contributed by atoms with Gasteiger partial charge >= 0.3 is 0 Å². The summed E-state index contributed by atoms with van der Waals surface area (Å²) in [6.07, 6.45) is 1.44. The molecule has 0 aliphatic carbocycles. The summed E-state index contributed by atoms with van der Waals surface area (Å²) in [5.41, 5.74) is -0.650. The molecule has 3 N–H and O–H groups in total. The first-order valence-corrected chi connectivity index (χ1v) is 7.86. The molecule has 1 rings (SSSR count). The van der Waals surface area contributed by atoms with Gasteiger partial charge in [0.2, 0.25) is 5.91 Å². The van der Waals surface area contributed by atoms with Gasteiger partial charge in [-0.05, 0) is 25.0 Å². The molecule has 0 aliphatic heterocycles. The lowest BCUT2D eigenvalue weighted by molar-refractivity contribution is -0.120. The average Bonchev–Trinajstić information content (AvgIpc) is 2.54. The predicted octanol–water partition coefficient (Wildman–Crippen LogP) is 2.12. The van der Waals surface area contributed by atoms with Crippen LogP contribution in [0, 0.1) is 11.2 Å². The van der Waals surface area contributed by atoms with E-state index in [1.807, 2.05) is 13.8 Å². The maximum Gasteiger partial charge on any atom is 0.256 e. The van der Waals surface area contributed by atoms with Gasteiger partial charge in [-0.3, -0.25) is 9.59 Å². The zero-order valence-electron chi connectivity index (χ0n) is 13.3. The van der Waals surface area contributed by atoms with Crippen LogP contribution in [0.15, 0.2) is 18.2 Å². The Hall–Kier alpha value is -1.66. The summed E-state index contributed by atoms with van der Waals surface area (Å²) >= 11 is 5.79. The van der Waals surface area contributed by atoms with E-state index in [-0.39, 0.29) is 29.2 Å². The van der Waals surface area contributed by atoms with Gasteiger partial charge in [-0.1, -0.05) is 31.5 Å². The molecule has 0 saturated carbocycles. The summed E-state index contributed by atoms with van der Waals surface area (Å²) in [7, 11) is 0. The van der Waals surface area contributed by atoms with Crippen LogP contribution in [-0.2, 0) is 4.79 Å². The minimum absolute atomic E-state index is 0.0147. The van der Waals surface area contributed by atoms with E-state index in [1.54, 1.807) is 0 Å². The van der Waals surface area contributed by atoms with Crippen molar-refractivity contribution >= 4 is 23.4 Å². The molecule has 0 fully saturated rings. The van der Waals surface area contributed by atoms with Gasteiger partial charge in [-0.25, -0.2) is 4.39 Å². The largest absolute Gasteiger partial charge is 0.396 e. The molecule has 0 saturated heterocycles. The van der Waals surface area contributed by atoms with Crippen molar-refractivity contribution in [3.63, 3.8) is 0 Å². The normalized spacial score (nSPS) is 11.2. The minimum atomic E-state index is -0.748. The van der Waals surface area contributed by atoms with E-state index in [9.17, 15) is 19.1 Å². The average molecular weight is 345 g/mol. The second-order valence-electron chi connectivity index (χ2n) is 5.42. The molecule has 23 heavy (non-hydrogen) atoms. The fraction of sp³-hybridized carbons (Fsp3) is 0.500. The van der Waals surface area contributed by atoms with Crippen molar-refractivity contribution in [2.45, 2.75) is 26.7 Å². The van der Waals surface area contributed by atoms with E-state index in [1.165, 1.54) is 12.1 Å². The zero-order chi connectivity index (χ0) is 17.5. The molecule has 1 aromatic rings. The van der Waals surface area contributed by atoms with Crippen LogP contribution in [0.4, 0.5) is 4.39 Å². The van der Waals surface area contributed by atoms with Crippen molar-refractivity contribution in [2.24, 2.45) is 5.41 Å². The van der Waals surface area contributed by atoms with Crippen LogP contribution in [0.3, 0.4) is 0 Å². The molecule has 128 valence electrons. The summed E-state index contributed by atoms with van der Waals surface area (Å²) in [6.45, 7) is 3.86. The smallest absolute Gasteiger partial charge is 0.256 e. The van der Waals surface area contributed by atoms with Crippen molar-refractivity contribution in [1.29, 1.82) is 0 Å². The number of rotatable bonds is 8. The Kier molecular flexibility index (Phi) is 7.45. The number of amides is 2. The fourth-order valence-corrected chi connectivity index (χ4v) is 2.34. The quantitative estimate of drug-likeness (QED) is 0.676. The highest BCUT2D eigenvalue weighted by Gasteiger charge is 2.26. The summed E-state index contributed by atoms with van der Waals surface area (Å²) in [5.74, 6) is -1.90. The highest BCUT2D eigenvalue weighted by atomic mass is 35.5. The summed E-state index contributed by atoms with van der Waals surface area (Å²) < 4.78 is 13.6. The van der Waals surface area contributed by atoms with Gasteiger partial charge in [-0.15, -0.1) is 0 Å². The number of carbonyl (C=O) groups is 2. The summed E-state index contributed by atoms with van der Waals surface area (Å²) in [6, 6.07) is 3.92. The highest BCUT2D eigenvalue weighted by Crippen LogP contribution is 2.24. The van der Waals surface area contributed by atoms with Crippen molar-refractivity contribution in [3.8, 4) is 0 Å². The number of benzene rings is 1. The van der Waals surface area contributed by atoms with Crippen LogP contribution in [0.2, 0.25) is 5.02 Å². The number of nitrogens with one attached hydrogen (secondary N) is 2. The van der Waals surface area contributed by atoms with Gasteiger partial charge in [0.25, 0.3) is 5.91 Å². The van der Waals surface area contributed by atoms with E-state index < -0.39 is 17.6 Å². The molecular weight excluding hydrogens is 323 g/mol. The molecule has 0 unspecified atom stereocenters. The number of aliphatic hydroxyl groups excluding tert-OH is 1. The monoisotopic (exact) mass is 344 g/mol. The Labute approximate surface area is 140 Å². The van der Waals surface area contributed by atoms with Crippen molar-refractivity contribution in [1.82, 2.24) is 10.6 Å². The molecule has 7 heteroatoms. The molecule has 5 nitrogen and oxygen atoms in total. The van der Waals surface area contributed by atoms with Gasteiger partial charge in [0.15, 0.2) is 0 Å². The minimum Gasteiger partial charge on any atom is -0.396 e. The zero-order valence-corrected chi connectivity index (χ0v) is 14.0. The molecular formula is C16H22ClFN2O3. The molecule has 0 radical (unpaired) electrons. The van der Waals surface area contributed by atoms with Crippen molar-refractivity contribution < 1.29 is 19.1 Å². The maximum absolute atomic E-state index is 13.6. The van der Waals surface area contributed by atoms with Crippen LogP contribution in [0.5, 0.6) is 0 Å². The Morgan fingerprint density at radius 1 is 1.26 bits per heavy atom. The van der Waals surface area contributed by atoms with Crippen molar-refractivity contribution in [3.05, 3.63) is 34.6 Å². The van der Waals surface area contributed by atoms with E-state index in [0.717, 1.165) is 18.9 Å². The summed E-state index contributed by atoms with van der Waals surface area (Å²) in [4.78, 5) is 23.7. The Balaban J connectivity index is 2.55. The fourth-order valence-electron chi connectivity index (χ4n) is 2.09. The topological polar surface area (TPSA) is 78.4 Å². The third-order valence-corrected chi connectivity index (χ3v) is 4.41. The Morgan fingerprint density at radius 3 is 2.43 bits per heavy atom. The molecule has 2 amide bonds. The highest BCUT2D eigenvalue weighted by molar-refractivity contribution is 6.33. The van der Waals surface area contributed by atoms with E-state index >= 15 is 0 Å². The van der Waals surface area contributed by atoms with E-state index in [4.69, 9.17) is 11.6 Å². The molecule has 0 heterocycles. The van der Waals surface area contributed by atoms with Gasteiger partial charge in [0.1, 0.15) is 5.82 Å². The molecule has 0 spiro atoms. The second-order valence-corrected chi connectivity index (χ2v) is 5.83. The van der Waals surface area contributed by atoms with Crippen LogP contribution in [-0.4, -0.2) is 36.6 Å². The lowest BCUT2D eigenvalue weighted by atomic mass is 9.83. The van der Waals surface area contributed by atoms with E-state index in [0.29, 0.717) is 6.54 Å². The number of hydrogen-bond acceptors (Lipinski definition) is 3. The lowest BCUT2D eigenvalue weighted by Gasteiger charge is -2.29. The molecule has 0 aliphatic rings. The van der Waals surface area contributed by atoms with Gasteiger partial charge < -0.3 is 15.7 Å². The first-order chi connectivity index (χ1) is 10.9. The standard InChI is InChI=1S/C16H22ClFN2O3/c1-3-16(4-2,10-21)9-20-13(22)8-19-15(23)14-11(17)6-5-7-12(14)18/h5-7,21H,3-4,8-10H2,1-2H3,(H,19,23)(H,20,22). The number of carbonyl (C=O) groups excluding carboxylic acids is 2. The van der Waals surface area contributed by atoms with Crippen LogP contribution < -0.4 is 10.6 Å². The Bertz CT molecular complexity index is 534. The second kappa shape index (κ2) is 8.84. The first kappa shape index (κ1) is 19.4. The maximum atomic E-state index is 13.6. The summed E-state index contributed by atoms with van der Waals surface area (Å²) in [5, 5.41) is 14.4. The van der Waals surface area contributed by atoms with Gasteiger partial charge in [0, 0.05) is 12.0 Å². The van der Waals surface area contributed by atoms with Crippen LogP contribution >= 0.6 is 11.6 Å². The van der Waals surface area contributed by atoms with E-state index in [2.05, 4.69) is 10.6 Å². The van der Waals surface area contributed by atoms with Crippen molar-refractivity contribution in [2.75, 3.05) is 19.7 Å². The molecule has 1 aromatic carbocycles. The number of aliphatic hydroxyl groups is 1. The number of halogens is 2. The van der Waals surface area contributed by atoms with Crippen LogP contribution in [0.1, 0.15) is 37.0 Å². The third-order valence-electron chi connectivity index (χ3n) is 4.10. The van der Waals surface area contributed by atoms with Gasteiger partial charge in [-0.2, -0.15) is 0 Å². The Morgan fingerprint density at radius 2 is 1.91 bits per heavy atom. The third kappa shape index (κ3) is 5.18. The number of hydrogen-bond donors (Lipinski definition) is 3. The van der Waals surface area contributed by atoms with Crippen LogP contribution in [0.25, 0.3) is 0 Å². The lowest BCUT2D eigenvalue weighted by Crippen LogP contribution is -2.43. The molecule has 0 bridgehead atoms. The molecule has 0 aromatic heterocycles. The SMILES string of the molecule is CCC(CC)(CO)CNC(=O)CNC(=O)c1c(F)cccc1Cl.